The molecule has 1 aromatic heterocycles. The van der Waals surface area contributed by atoms with Crippen LogP contribution in [0, 0.1) is 0 Å². The van der Waals surface area contributed by atoms with E-state index in [9.17, 15) is 13.2 Å². The summed E-state index contributed by atoms with van der Waals surface area (Å²) in [6.07, 6.45) is 3.55. The summed E-state index contributed by atoms with van der Waals surface area (Å²) in [6, 6.07) is 9.60. The molecule has 1 aliphatic heterocycles. The molecule has 0 radical (unpaired) electrons. The number of aryl methyl sites for hydroxylation is 1. The number of hydrogen-bond donors (Lipinski definition) is 0. The lowest BCUT2D eigenvalue weighted by Gasteiger charge is -2.24. The highest BCUT2D eigenvalue weighted by molar-refractivity contribution is 7.89. The first-order valence-electron chi connectivity index (χ1n) is 7.76. The summed E-state index contributed by atoms with van der Waals surface area (Å²) in [5.74, 6) is -0.484. The lowest BCUT2D eigenvalue weighted by molar-refractivity contribution is 0.0600. The predicted molar refractivity (Wildman–Crippen MR) is 89.1 cm³/mol. The molecule has 0 unspecified atom stereocenters. The SMILES string of the molecule is COC(=O)c1ccc(S(=O)(=O)N2CCC[C@H]2c2cccn2C)cc1. The van der Waals surface area contributed by atoms with Crippen molar-refractivity contribution in [3.05, 3.63) is 53.9 Å². The molecule has 1 saturated heterocycles. The highest BCUT2D eigenvalue weighted by Gasteiger charge is 2.37. The number of esters is 1. The second kappa shape index (κ2) is 6.41. The van der Waals surface area contributed by atoms with Gasteiger partial charge in [0, 0.05) is 25.5 Å². The molecule has 0 saturated carbocycles. The third-order valence-corrected chi connectivity index (χ3v) is 6.33. The fourth-order valence-corrected chi connectivity index (χ4v) is 4.83. The van der Waals surface area contributed by atoms with Gasteiger partial charge >= 0.3 is 5.97 Å². The van der Waals surface area contributed by atoms with Crippen molar-refractivity contribution in [2.45, 2.75) is 23.8 Å². The zero-order chi connectivity index (χ0) is 17.3. The van der Waals surface area contributed by atoms with E-state index in [4.69, 9.17) is 0 Å². The highest BCUT2D eigenvalue weighted by atomic mass is 32.2. The maximum absolute atomic E-state index is 13.0. The largest absolute Gasteiger partial charge is 0.465 e. The summed E-state index contributed by atoms with van der Waals surface area (Å²) >= 11 is 0. The normalized spacial score (nSPS) is 18.7. The van der Waals surface area contributed by atoms with Gasteiger partial charge in [0.05, 0.1) is 23.6 Å². The van der Waals surface area contributed by atoms with Crippen molar-refractivity contribution >= 4 is 16.0 Å². The Morgan fingerprint density at radius 2 is 1.92 bits per heavy atom. The molecule has 24 heavy (non-hydrogen) atoms. The number of hydrogen-bond acceptors (Lipinski definition) is 4. The van der Waals surface area contributed by atoms with Gasteiger partial charge in [0.25, 0.3) is 0 Å². The number of benzene rings is 1. The number of carbonyl (C=O) groups is 1. The third-order valence-electron chi connectivity index (χ3n) is 4.41. The van der Waals surface area contributed by atoms with Gasteiger partial charge in [-0.05, 0) is 49.2 Å². The Bertz CT molecular complexity index is 840. The topological polar surface area (TPSA) is 68.6 Å². The van der Waals surface area contributed by atoms with E-state index in [1.807, 2.05) is 29.9 Å². The van der Waals surface area contributed by atoms with Crippen LogP contribution in [0.3, 0.4) is 0 Å². The molecule has 7 heteroatoms. The maximum Gasteiger partial charge on any atom is 0.337 e. The minimum atomic E-state index is -3.61. The van der Waals surface area contributed by atoms with Gasteiger partial charge in [0.2, 0.25) is 10.0 Å². The average molecular weight is 348 g/mol. The zero-order valence-corrected chi connectivity index (χ0v) is 14.5. The first-order valence-corrected chi connectivity index (χ1v) is 9.20. The average Bonchev–Trinajstić information content (AvgIpc) is 3.22. The molecule has 3 rings (SSSR count). The number of nitrogens with zero attached hydrogens (tertiary/aromatic N) is 2. The van der Waals surface area contributed by atoms with Gasteiger partial charge in [0.15, 0.2) is 0 Å². The smallest absolute Gasteiger partial charge is 0.337 e. The van der Waals surface area contributed by atoms with E-state index in [1.54, 1.807) is 4.31 Å². The Hall–Kier alpha value is -2.12. The summed E-state index contributed by atoms with van der Waals surface area (Å²) in [5, 5.41) is 0. The van der Waals surface area contributed by atoms with Crippen molar-refractivity contribution < 1.29 is 17.9 Å². The lowest BCUT2D eigenvalue weighted by atomic mass is 10.1. The van der Waals surface area contributed by atoms with Crippen LogP contribution in [-0.4, -0.2) is 36.9 Å². The summed E-state index contributed by atoms with van der Waals surface area (Å²) < 4.78 is 34.2. The van der Waals surface area contributed by atoms with Crippen molar-refractivity contribution in [3.63, 3.8) is 0 Å². The van der Waals surface area contributed by atoms with Crippen LogP contribution in [0.15, 0.2) is 47.5 Å². The zero-order valence-electron chi connectivity index (χ0n) is 13.7. The van der Waals surface area contributed by atoms with Crippen LogP contribution in [0.5, 0.6) is 0 Å². The monoisotopic (exact) mass is 348 g/mol. The van der Waals surface area contributed by atoms with Gasteiger partial charge in [-0.25, -0.2) is 13.2 Å². The molecule has 128 valence electrons. The molecular weight excluding hydrogens is 328 g/mol. The van der Waals surface area contributed by atoms with Crippen LogP contribution in [-0.2, 0) is 21.8 Å². The Kier molecular flexibility index (Phi) is 4.47. The van der Waals surface area contributed by atoms with Crippen molar-refractivity contribution in [2.24, 2.45) is 7.05 Å². The minimum absolute atomic E-state index is 0.157. The lowest BCUT2D eigenvalue weighted by Crippen LogP contribution is -2.31. The van der Waals surface area contributed by atoms with E-state index < -0.39 is 16.0 Å². The summed E-state index contributed by atoms with van der Waals surface area (Å²) in [7, 11) is -0.398. The van der Waals surface area contributed by atoms with Gasteiger partial charge in [-0.1, -0.05) is 0 Å². The minimum Gasteiger partial charge on any atom is -0.465 e. The number of methoxy groups -OCH3 is 1. The molecule has 0 aliphatic carbocycles. The van der Waals surface area contributed by atoms with Crippen LogP contribution in [0.4, 0.5) is 0 Å². The third kappa shape index (κ3) is 2.85. The molecule has 6 nitrogen and oxygen atoms in total. The van der Waals surface area contributed by atoms with Crippen LogP contribution >= 0.6 is 0 Å². The molecule has 1 aromatic carbocycles. The number of rotatable bonds is 4. The Morgan fingerprint density at radius 3 is 2.50 bits per heavy atom. The van der Waals surface area contributed by atoms with Crippen molar-refractivity contribution in [1.29, 1.82) is 0 Å². The molecule has 1 aliphatic rings. The van der Waals surface area contributed by atoms with E-state index in [1.165, 1.54) is 31.4 Å². The first-order chi connectivity index (χ1) is 11.4. The van der Waals surface area contributed by atoms with Gasteiger partial charge < -0.3 is 9.30 Å². The van der Waals surface area contributed by atoms with Gasteiger partial charge in [-0.3, -0.25) is 0 Å². The van der Waals surface area contributed by atoms with Crippen LogP contribution < -0.4 is 0 Å². The van der Waals surface area contributed by atoms with Crippen molar-refractivity contribution in [1.82, 2.24) is 8.87 Å². The van der Waals surface area contributed by atoms with Gasteiger partial charge in [-0.2, -0.15) is 4.31 Å². The molecule has 0 N–H and O–H groups in total. The molecule has 1 fully saturated rings. The van der Waals surface area contributed by atoms with Crippen LogP contribution in [0.1, 0.15) is 34.9 Å². The summed E-state index contributed by atoms with van der Waals surface area (Å²) in [6.45, 7) is 0.497. The summed E-state index contributed by atoms with van der Waals surface area (Å²) in [4.78, 5) is 11.7. The van der Waals surface area contributed by atoms with Crippen LogP contribution in [0.2, 0.25) is 0 Å². The van der Waals surface area contributed by atoms with E-state index in [0.29, 0.717) is 12.1 Å². The molecule has 0 amide bonds. The second-order valence-electron chi connectivity index (χ2n) is 5.83. The Morgan fingerprint density at radius 1 is 1.21 bits per heavy atom. The first kappa shape index (κ1) is 16.7. The molecule has 0 spiro atoms. The van der Waals surface area contributed by atoms with E-state index in [2.05, 4.69) is 4.74 Å². The van der Waals surface area contributed by atoms with E-state index >= 15 is 0 Å². The van der Waals surface area contributed by atoms with Crippen molar-refractivity contribution in [2.75, 3.05) is 13.7 Å². The number of aromatic nitrogens is 1. The molecule has 1 atom stereocenters. The van der Waals surface area contributed by atoms with Gasteiger partial charge in [-0.15, -0.1) is 0 Å². The molecule has 2 heterocycles. The van der Waals surface area contributed by atoms with E-state index in [0.717, 1.165) is 18.5 Å². The fourth-order valence-electron chi connectivity index (χ4n) is 3.16. The number of carbonyl (C=O) groups excluding carboxylic acids is 1. The molecular formula is C17H20N2O4S. The Balaban J connectivity index is 1.92. The standard InChI is InChI=1S/C17H20N2O4S/c1-18-11-3-5-15(18)16-6-4-12-19(16)24(21,22)14-9-7-13(8-10-14)17(20)23-2/h3,5,7-11,16H,4,6,12H2,1-2H3/t16-/m0/s1. The summed E-state index contributed by atoms with van der Waals surface area (Å²) in [5.41, 5.74) is 1.32. The van der Waals surface area contributed by atoms with Crippen LogP contribution in [0.25, 0.3) is 0 Å². The number of sulfonamides is 1. The second-order valence-corrected chi connectivity index (χ2v) is 7.72. The Labute approximate surface area is 141 Å². The quantitative estimate of drug-likeness (QED) is 0.795. The number of ether oxygens (including phenoxy) is 1. The van der Waals surface area contributed by atoms with E-state index in [-0.39, 0.29) is 10.9 Å². The highest BCUT2D eigenvalue weighted by Crippen LogP contribution is 2.36. The fraction of sp³-hybridized carbons (Fsp3) is 0.353. The van der Waals surface area contributed by atoms with Gasteiger partial charge in [0.1, 0.15) is 0 Å². The molecule has 0 bridgehead atoms. The maximum atomic E-state index is 13.0. The predicted octanol–water partition coefficient (Wildman–Crippen LogP) is 2.34. The molecule has 2 aromatic rings. The van der Waals surface area contributed by atoms with Crippen molar-refractivity contribution in [3.8, 4) is 0 Å².